The quantitative estimate of drug-likeness (QED) is 0.558. The molecule has 0 aliphatic rings. The van der Waals surface area contributed by atoms with E-state index in [1.54, 1.807) is 6.20 Å². The van der Waals surface area contributed by atoms with Crippen LogP contribution in [0.5, 0.6) is 5.75 Å². The average molecular weight is 372 g/mol. The molecule has 0 amide bonds. The van der Waals surface area contributed by atoms with Crippen molar-refractivity contribution in [3.63, 3.8) is 0 Å². The Labute approximate surface area is 165 Å². The molecule has 150 valence electrons. The first-order chi connectivity index (χ1) is 13.1. The molecule has 0 fully saturated rings. The number of aromatic nitrogens is 1. The summed E-state index contributed by atoms with van der Waals surface area (Å²) in [5.74, 6) is 0.348. The number of hydrogen-bond donors (Lipinski definition) is 1. The maximum absolute atomic E-state index is 10.9. The predicted octanol–water partition coefficient (Wildman–Crippen LogP) is 5.18. The summed E-state index contributed by atoms with van der Waals surface area (Å²) in [6.45, 7) is 14.8. The first kappa shape index (κ1) is 21.6. The van der Waals surface area contributed by atoms with Crippen molar-refractivity contribution >= 4 is 10.9 Å². The molecule has 0 bridgehead atoms. The Morgan fingerprint density at radius 1 is 0.889 bits per heavy atom. The van der Waals surface area contributed by atoms with E-state index >= 15 is 0 Å². The van der Waals surface area contributed by atoms with Crippen molar-refractivity contribution in [3.05, 3.63) is 35.5 Å². The van der Waals surface area contributed by atoms with Crippen molar-refractivity contribution in [1.29, 1.82) is 0 Å². The van der Waals surface area contributed by atoms with Crippen molar-refractivity contribution in [3.8, 4) is 5.75 Å². The number of nitrogens with zero attached hydrogens (tertiary/aromatic N) is 3. The third-order valence-corrected chi connectivity index (χ3v) is 5.37. The Morgan fingerprint density at radius 2 is 1.48 bits per heavy atom. The molecule has 2 rings (SSSR count). The minimum atomic E-state index is 0.348. The maximum Gasteiger partial charge on any atom is 0.146 e. The molecule has 0 aliphatic heterocycles. The largest absolute Gasteiger partial charge is 0.505 e. The standard InChI is InChI=1S/C23H37N3O/c1-5-9-14-25(7-3)17-19-16-20(18-26(8-4)15-10-6-2)23(27)22-21(19)12-11-13-24-22/h11-13,16,27H,5-10,14-15,17-18H2,1-4H3. The van der Waals surface area contributed by atoms with Crippen LogP contribution in [-0.4, -0.2) is 46.1 Å². The number of benzene rings is 1. The van der Waals surface area contributed by atoms with E-state index in [1.807, 2.05) is 6.07 Å². The second kappa shape index (κ2) is 11.3. The first-order valence-electron chi connectivity index (χ1n) is 10.7. The van der Waals surface area contributed by atoms with Gasteiger partial charge in [0.2, 0.25) is 0 Å². The number of aromatic hydroxyl groups is 1. The number of phenols is 1. The van der Waals surface area contributed by atoms with Gasteiger partial charge in [-0.15, -0.1) is 0 Å². The van der Waals surface area contributed by atoms with Gasteiger partial charge in [-0.3, -0.25) is 14.8 Å². The molecule has 1 heterocycles. The Morgan fingerprint density at radius 3 is 2.04 bits per heavy atom. The number of phenolic OH excluding ortho intramolecular Hbond substituents is 1. The lowest BCUT2D eigenvalue weighted by Crippen LogP contribution is -2.25. The van der Waals surface area contributed by atoms with Crippen LogP contribution in [0.15, 0.2) is 24.4 Å². The topological polar surface area (TPSA) is 39.6 Å². The fourth-order valence-electron chi connectivity index (χ4n) is 3.56. The molecule has 1 aromatic carbocycles. The van der Waals surface area contributed by atoms with Gasteiger partial charge in [-0.1, -0.05) is 46.6 Å². The summed E-state index contributed by atoms with van der Waals surface area (Å²) in [5, 5.41) is 11.9. The van der Waals surface area contributed by atoms with Gasteiger partial charge in [-0.2, -0.15) is 0 Å². The first-order valence-corrected chi connectivity index (χ1v) is 10.7. The fraction of sp³-hybridized carbons (Fsp3) is 0.609. The molecule has 0 atom stereocenters. The molecular weight excluding hydrogens is 334 g/mol. The molecule has 0 saturated carbocycles. The molecular formula is C23H37N3O. The van der Waals surface area contributed by atoms with Crippen molar-refractivity contribution < 1.29 is 5.11 Å². The van der Waals surface area contributed by atoms with Gasteiger partial charge >= 0.3 is 0 Å². The van der Waals surface area contributed by atoms with E-state index in [0.29, 0.717) is 5.75 Å². The number of unbranched alkanes of at least 4 members (excludes halogenated alkanes) is 2. The van der Waals surface area contributed by atoms with Crippen LogP contribution in [0.2, 0.25) is 0 Å². The lowest BCUT2D eigenvalue weighted by atomic mass is 10.0. The van der Waals surface area contributed by atoms with Crippen molar-refractivity contribution in [2.75, 3.05) is 26.2 Å². The van der Waals surface area contributed by atoms with Crippen LogP contribution in [0.1, 0.15) is 64.5 Å². The van der Waals surface area contributed by atoms with Gasteiger partial charge in [-0.25, -0.2) is 0 Å². The summed E-state index contributed by atoms with van der Waals surface area (Å²) in [7, 11) is 0. The van der Waals surface area contributed by atoms with E-state index in [4.69, 9.17) is 0 Å². The molecule has 0 aliphatic carbocycles. The highest BCUT2D eigenvalue weighted by atomic mass is 16.3. The highest BCUT2D eigenvalue weighted by Gasteiger charge is 2.16. The van der Waals surface area contributed by atoms with Gasteiger partial charge in [0.15, 0.2) is 0 Å². The van der Waals surface area contributed by atoms with Crippen LogP contribution in [0.25, 0.3) is 10.9 Å². The minimum Gasteiger partial charge on any atom is -0.505 e. The van der Waals surface area contributed by atoms with E-state index in [2.05, 4.69) is 54.6 Å². The fourth-order valence-corrected chi connectivity index (χ4v) is 3.56. The highest BCUT2D eigenvalue weighted by Crippen LogP contribution is 2.32. The number of hydrogen-bond acceptors (Lipinski definition) is 4. The van der Waals surface area contributed by atoms with Gasteiger partial charge < -0.3 is 5.11 Å². The molecule has 0 unspecified atom stereocenters. The van der Waals surface area contributed by atoms with Crippen LogP contribution < -0.4 is 0 Å². The zero-order chi connectivity index (χ0) is 19.6. The van der Waals surface area contributed by atoms with Crippen molar-refractivity contribution in [2.45, 2.75) is 66.5 Å². The van der Waals surface area contributed by atoms with Crippen molar-refractivity contribution in [2.24, 2.45) is 0 Å². The molecule has 0 spiro atoms. The van der Waals surface area contributed by atoms with Gasteiger partial charge in [0.25, 0.3) is 0 Å². The van der Waals surface area contributed by atoms with Crippen molar-refractivity contribution in [1.82, 2.24) is 14.8 Å². The molecule has 4 heteroatoms. The van der Waals surface area contributed by atoms with Gasteiger partial charge in [0.05, 0.1) is 0 Å². The Hall–Kier alpha value is -1.65. The molecule has 0 saturated heterocycles. The molecule has 2 aromatic rings. The highest BCUT2D eigenvalue weighted by molar-refractivity contribution is 5.88. The van der Waals surface area contributed by atoms with Crippen LogP contribution >= 0.6 is 0 Å². The van der Waals surface area contributed by atoms with Gasteiger partial charge in [-0.05, 0) is 56.7 Å². The Bertz CT molecular complexity index is 701. The smallest absolute Gasteiger partial charge is 0.146 e. The average Bonchev–Trinajstić information content (AvgIpc) is 2.71. The Kier molecular flexibility index (Phi) is 9.02. The minimum absolute atomic E-state index is 0.348. The monoisotopic (exact) mass is 371 g/mol. The maximum atomic E-state index is 10.9. The molecule has 0 radical (unpaired) electrons. The lowest BCUT2D eigenvalue weighted by Gasteiger charge is -2.24. The molecule has 4 nitrogen and oxygen atoms in total. The second-order valence-electron chi connectivity index (χ2n) is 7.39. The molecule has 1 N–H and O–H groups in total. The predicted molar refractivity (Wildman–Crippen MR) is 115 cm³/mol. The summed E-state index contributed by atoms with van der Waals surface area (Å²) in [4.78, 5) is 9.40. The second-order valence-corrected chi connectivity index (χ2v) is 7.39. The van der Waals surface area contributed by atoms with Gasteiger partial charge in [0.1, 0.15) is 11.3 Å². The summed E-state index contributed by atoms with van der Waals surface area (Å²) < 4.78 is 0. The summed E-state index contributed by atoms with van der Waals surface area (Å²) in [6.07, 6.45) is 6.58. The van der Waals surface area contributed by atoms with Crippen LogP contribution in [0, 0.1) is 0 Å². The Balaban J connectivity index is 2.36. The lowest BCUT2D eigenvalue weighted by molar-refractivity contribution is 0.269. The molecule has 1 aromatic heterocycles. The van der Waals surface area contributed by atoms with E-state index in [1.165, 1.54) is 31.2 Å². The van der Waals surface area contributed by atoms with Crippen LogP contribution in [0.4, 0.5) is 0 Å². The third-order valence-electron chi connectivity index (χ3n) is 5.37. The van der Waals surface area contributed by atoms with E-state index in [0.717, 1.165) is 55.7 Å². The van der Waals surface area contributed by atoms with E-state index in [-0.39, 0.29) is 0 Å². The summed E-state index contributed by atoms with van der Waals surface area (Å²) in [6, 6.07) is 6.26. The zero-order valence-electron chi connectivity index (χ0n) is 17.7. The molecule has 27 heavy (non-hydrogen) atoms. The summed E-state index contributed by atoms with van der Waals surface area (Å²) >= 11 is 0. The number of fused-ring (bicyclic) bond motifs is 1. The van der Waals surface area contributed by atoms with E-state index in [9.17, 15) is 5.11 Å². The third kappa shape index (κ3) is 5.91. The van der Waals surface area contributed by atoms with Crippen LogP contribution in [-0.2, 0) is 13.1 Å². The summed E-state index contributed by atoms with van der Waals surface area (Å²) in [5.41, 5.74) is 3.01. The van der Waals surface area contributed by atoms with E-state index < -0.39 is 0 Å². The van der Waals surface area contributed by atoms with Crippen LogP contribution in [0.3, 0.4) is 0 Å². The number of rotatable bonds is 12. The van der Waals surface area contributed by atoms with Gasteiger partial charge in [0, 0.05) is 30.2 Å². The zero-order valence-corrected chi connectivity index (χ0v) is 17.7. The number of pyridine rings is 1. The SMILES string of the molecule is CCCCN(CC)Cc1cc(CN(CC)CCCC)c2cccnc2c1O. The normalized spacial score (nSPS) is 11.8.